The zero-order chi connectivity index (χ0) is 16.7. The molecule has 0 radical (unpaired) electrons. The van der Waals surface area contributed by atoms with Crippen molar-refractivity contribution in [3.63, 3.8) is 0 Å². The van der Waals surface area contributed by atoms with E-state index in [1.165, 1.54) is 24.3 Å². The molecule has 4 rings (SSSR count). The van der Waals surface area contributed by atoms with Crippen molar-refractivity contribution in [3.8, 4) is 0 Å². The third-order valence-corrected chi connectivity index (χ3v) is 4.00. The van der Waals surface area contributed by atoms with E-state index in [1.54, 1.807) is 12.1 Å². The van der Waals surface area contributed by atoms with Gasteiger partial charge in [-0.3, -0.25) is 9.59 Å². The van der Waals surface area contributed by atoms with Crippen LogP contribution in [0.2, 0.25) is 0 Å². The second-order valence-corrected chi connectivity index (χ2v) is 5.45. The summed E-state index contributed by atoms with van der Waals surface area (Å²) in [5.41, 5.74) is 4.13. The van der Waals surface area contributed by atoms with Crippen LogP contribution in [0.25, 0.3) is 10.8 Å². The molecule has 0 aromatic heterocycles. The van der Waals surface area contributed by atoms with Gasteiger partial charge in [-0.25, -0.2) is 9.82 Å². The monoisotopic (exact) mass is 318 g/mol. The number of nitrogens with zero attached hydrogens (tertiary/aromatic N) is 1. The summed E-state index contributed by atoms with van der Waals surface area (Å²) in [7, 11) is 0. The predicted octanol–water partition coefficient (Wildman–Crippen LogP) is 3.31. The van der Waals surface area contributed by atoms with Gasteiger partial charge in [0, 0.05) is 22.1 Å². The first kappa shape index (κ1) is 14.3. The fourth-order valence-corrected chi connectivity index (χ4v) is 2.86. The quantitative estimate of drug-likeness (QED) is 0.737. The lowest BCUT2D eigenvalue weighted by Crippen LogP contribution is -2.22. The van der Waals surface area contributed by atoms with E-state index in [1.807, 2.05) is 24.3 Å². The molecule has 0 atom stereocenters. The number of carbonyl (C=O) groups is 2. The Balaban J connectivity index is 1.69. The largest absolute Gasteiger partial charge is 0.287 e. The van der Waals surface area contributed by atoms with Crippen LogP contribution in [-0.4, -0.2) is 17.4 Å². The summed E-state index contributed by atoms with van der Waals surface area (Å²) in [5, 5.41) is 5.82. The summed E-state index contributed by atoms with van der Waals surface area (Å²) < 4.78 is 12.9. The maximum absolute atomic E-state index is 12.9. The van der Waals surface area contributed by atoms with Gasteiger partial charge in [-0.2, -0.15) is 5.10 Å². The first-order valence-corrected chi connectivity index (χ1v) is 7.35. The molecular weight excluding hydrogens is 307 g/mol. The van der Waals surface area contributed by atoms with Crippen molar-refractivity contribution in [1.29, 1.82) is 0 Å². The molecule has 0 bridgehead atoms. The Morgan fingerprint density at radius 3 is 2.29 bits per heavy atom. The molecule has 1 amide bonds. The molecule has 3 aromatic rings. The first-order chi connectivity index (χ1) is 11.6. The highest BCUT2D eigenvalue weighted by Crippen LogP contribution is 2.30. The minimum absolute atomic E-state index is 0.206. The van der Waals surface area contributed by atoms with Crippen molar-refractivity contribution >= 4 is 28.2 Å². The Morgan fingerprint density at radius 2 is 1.58 bits per heavy atom. The molecule has 24 heavy (non-hydrogen) atoms. The van der Waals surface area contributed by atoms with E-state index in [0.29, 0.717) is 11.1 Å². The number of hydrogen-bond acceptors (Lipinski definition) is 3. The van der Waals surface area contributed by atoms with Gasteiger partial charge < -0.3 is 0 Å². The summed E-state index contributed by atoms with van der Waals surface area (Å²) in [4.78, 5) is 24.6. The maximum Gasteiger partial charge on any atom is 0.271 e. The highest BCUT2D eigenvalue weighted by atomic mass is 19.1. The van der Waals surface area contributed by atoms with Crippen LogP contribution in [0.4, 0.5) is 4.39 Å². The van der Waals surface area contributed by atoms with Crippen molar-refractivity contribution in [3.05, 3.63) is 83.2 Å². The fraction of sp³-hybridized carbons (Fsp3) is 0. The molecule has 1 aliphatic rings. The van der Waals surface area contributed by atoms with Gasteiger partial charge in [-0.15, -0.1) is 0 Å². The van der Waals surface area contributed by atoms with Crippen LogP contribution >= 0.6 is 0 Å². The number of ketones is 1. The highest BCUT2D eigenvalue weighted by molar-refractivity contribution is 6.59. The molecule has 0 saturated heterocycles. The number of halogens is 1. The molecule has 0 spiro atoms. The van der Waals surface area contributed by atoms with Crippen LogP contribution in [0.5, 0.6) is 0 Å². The number of Topliss-reactive ketones (excluding diaryl/α,β-unsaturated/α-hetero) is 1. The number of hydrogen-bond donors (Lipinski definition) is 1. The molecule has 4 nitrogen and oxygen atoms in total. The maximum atomic E-state index is 12.9. The van der Waals surface area contributed by atoms with E-state index in [-0.39, 0.29) is 17.1 Å². The molecule has 0 unspecified atom stereocenters. The van der Waals surface area contributed by atoms with Crippen LogP contribution < -0.4 is 5.43 Å². The lowest BCUT2D eigenvalue weighted by Gasteiger charge is -2.02. The number of hydrazone groups is 1. The van der Waals surface area contributed by atoms with Crippen LogP contribution in [0.1, 0.15) is 26.3 Å². The van der Waals surface area contributed by atoms with E-state index >= 15 is 0 Å². The van der Waals surface area contributed by atoms with Crippen LogP contribution in [0.3, 0.4) is 0 Å². The molecule has 1 aliphatic carbocycles. The van der Waals surface area contributed by atoms with Crippen molar-refractivity contribution in [2.45, 2.75) is 0 Å². The summed E-state index contributed by atoms with van der Waals surface area (Å²) in [6.45, 7) is 0. The average molecular weight is 318 g/mol. The minimum atomic E-state index is -0.501. The zero-order valence-electron chi connectivity index (χ0n) is 12.4. The number of nitrogens with one attached hydrogen (secondary N) is 1. The Labute approximate surface area is 136 Å². The lowest BCUT2D eigenvalue weighted by atomic mass is 10.1. The van der Waals surface area contributed by atoms with Crippen molar-refractivity contribution in [2.75, 3.05) is 0 Å². The molecule has 5 heteroatoms. The van der Waals surface area contributed by atoms with E-state index in [0.717, 1.165) is 10.8 Å². The fourth-order valence-electron chi connectivity index (χ4n) is 2.86. The van der Waals surface area contributed by atoms with Gasteiger partial charge in [-0.05, 0) is 29.7 Å². The Morgan fingerprint density at radius 1 is 0.917 bits per heavy atom. The smallest absolute Gasteiger partial charge is 0.271 e. The summed E-state index contributed by atoms with van der Waals surface area (Å²) in [5.74, 6) is -1.15. The molecule has 0 fully saturated rings. The van der Waals surface area contributed by atoms with Crippen molar-refractivity contribution < 1.29 is 14.0 Å². The summed E-state index contributed by atoms with van der Waals surface area (Å²) in [6.07, 6.45) is 0. The van der Waals surface area contributed by atoms with Crippen molar-refractivity contribution in [2.24, 2.45) is 5.10 Å². The topological polar surface area (TPSA) is 58.5 Å². The first-order valence-electron chi connectivity index (χ1n) is 7.35. The number of benzene rings is 3. The van der Waals surface area contributed by atoms with Gasteiger partial charge in [0.1, 0.15) is 11.5 Å². The number of rotatable bonds is 2. The highest BCUT2D eigenvalue weighted by Gasteiger charge is 2.28. The number of amides is 1. The normalized spacial score (nSPS) is 14.4. The molecule has 0 aliphatic heterocycles. The van der Waals surface area contributed by atoms with Gasteiger partial charge >= 0.3 is 0 Å². The Bertz CT molecular complexity index is 1020. The van der Waals surface area contributed by atoms with E-state index in [4.69, 9.17) is 0 Å². The van der Waals surface area contributed by atoms with E-state index in [9.17, 15) is 14.0 Å². The molecular formula is C19H11FN2O2. The Kier molecular flexibility index (Phi) is 3.20. The van der Waals surface area contributed by atoms with Gasteiger partial charge in [-0.1, -0.05) is 36.4 Å². The SMILES string of the molecule is O=C(NN=C1C(=O)c2cccc3cccc1c23)c1ccc(F)cc1. The minimum Gasteiger partial charge on any atom is -0.287 e. The van der Waals surface area contributed by atoms with Gasteiger partial charge in [0.05, 0.1) is 0 Å². The van der Waals surface area contributed by atoms with Crippen LogP contribution in [-0.2, 0) is 0 Å². The second-order valence-electron chi connectivity index (χ2n) is 5.45. The standard InChI is InChI=1S/C19H11FN2O2/c20-13-9-7-12(8-10-13)19(24)22-21-17-14-5-1-3-11-4-2-6-15(16(11)14)18(17)23/h1-10H,(H,22,24). The van der Waals surface area contributed by atoms with E-state index in [2.05, 4.69) is 10.5 Å². The molecule has 116 valence electrons. The molecule has 3 aromatic carbocycles. The van der Waals surface area contributed by atoms with Gasteiger partial charge in [0.2, 0.25) is 5.78 Å². The third kappa shape index (κ3) is 2.18. The summed E-state index contributed by atoms with van der Waals surface area (Å²) in [6, 6.07) is 16.2. The van der Waals surface area contributed by atoms with E-state index < -0.39 is 11.7 Å². The molecule has 0 saturated carbocycles. The van der Waals surface area contributed by atoms with Crippen LogP contribution in [0.15, 0.2) is 65.8 Å². The lowest BCUT2D eigenvalue weighted by molar-refractivity contribution is 0.0955. The second kappa shape index (κ2) is 5.38. The average Bonchev–Trinajstić information content (AvgIpc) is 2.88. The third-order valence-electron chi connectivity index (χ3n) is 4.00. The van der Waals surface area contributed by atoms with Crippen molar-refractivity contribution in [1.82, 2.24) is 5.43 Å². The van der Waals surface area contributed by atoms with Gasteiger partial charge in [0.25, 0.3) is 5.91 Å². The molecule has 0 heterocycles. The van der Waals surface area contributed by atoms with Crippen LogP contribution in [0, 0.1) is 5.82 Å². The predicted molar refractivity (Wildman–Crippen MR) is 88.7 cm³/mol. The summed E-state index contributed by atoms with van der Waals surface area (Å²) >= 11 is 0. The Hall–Kier alpha value is -3.34. The number of carbonyl (C=O) groups excluding carboxylic acids is 2. The van der Waals surface area contributed by atoms with Gasteiger partial charge in [0.15, 0.2) is 0 Å². The molecule has 1 N–H and O–H groups in total. The zero-order valence-corrected chi connectivity index (χ0v) is 12.4.